The lowest BCUT2D eigenvalue weighted by atomic mass is 10.1. The second-order valence-electron chi connectivity index (χ2n) is 9.59. The number of aliphatic carboxylic acids is 1. The predicted molar refractivity (Wildman–Crippen MR) is 130 cm³/mol. The van der Waals surface area contributed by atoms with Gasteiger partial charge in [0.25, 0.3) is 5.76 Å². The molecule has 3 heterocycles. The first-order valence-corrected chi connectivity index (χ1v) is 14.1. The SMILES string of the molecule is O=C(CCC(=O)OC(CO)C1OC(=O)C(OP(=O)(O)O)=C1O)NCC(=O)N1CCCC1C(=O)N1CC(O)CC1C(=O)O. The molecule has 0 aromatic rings. The first-order chi connectivity index (χ1) is 19.6. The number of aliphatic hydroxyl groups is 3. The maximum absolute atomic E-state index is 13.0. The number of cyclic esters (lactones) is 1. The highest BCUT2D eigenvalue weighted by Gasteiger charge is 2.46. The van der Waals surface area contributed by atoms with Crippen LogP contribution in [-0.2, 0) is 47.3 Å². The minimum absolute atomic E-state index is 0.130. The first-order valence-electron chi connectivity index (χ1n) is 12.6. The Balaban J connectivity index is 1.47. The lowest BCUT2D eigenvalue weighted by Gasteiger charge is -2.30. The summed E-state index contributed by atoms with van der Waals surface area (Å²) in [5.41, 5.74) is 0. The fraction of sp³-hybridized carbons (Fsp3) is 0.636. The molecule has 3 aliphatic rings. The van der Waals surface area contributed by atoms with Crippen LogP contribution in [0, 0.1) is 0 Å². The summed E-state index contributed by atoms with van der Waals surface area (Å²) >= 11 is 0. The monoisotopic (exact) mass is 623 g/mol. The van der Waals surface area contributed by atoms with E-state index in [9.17, 15) is 53.8 Å². The van der Waals surface area contributed by atoms with Crippen molar-refractivity contribution in [1.29, 1.82) is 0 Å². The molecule has 0 aromatic heterocycles. The van der Waals surface area contributed by atoms with E-state index in [1.807, 2.05) is 0 Å². The number of carboxylic acid groups (broad SMARTS) is 1. The van der Waals surface area contributed by atoms with E-state index >= 15 is 0 Å². The quantitative estimate of drug-likeness (QED) is 0.0824. The number of phosphoric ester groups is 1. The van der Waals surface area contributed by atoms with Gasteiger partial charge in [-0.15, -0.1) is 0 Å². The van der Waals surface area contributed by atoms with Crippen LogP contribution in [0.25, 0.3) is 0 Å². The number of nitrogens with one attached hydrogen (secondary N) is 1. The molecule has 5 unspecified atom stereocenters. The Bertz CT molecular complexity index is 1200. The van der Waals surface area contributed by atoms with Crippen molar-refractivity contribution in [1.82, 2.24) is 15.1 Å². The van der Waals surface area contributed by atoms with Gasteiger partial charge in [-0.25, -0.2) is 14.2 Å². The highest BCUT2D eigenvalue weighted by atomic mass is 31.2. The van der Waals surface area contributed by atoms with Gasteiger partial charge in [-0.3, -0.25) is 29.0 Å². The fourth-order valence-electron chi connectivity index (χ4n) is 4.72. The van der Waals surface area contributed by atoms with E-state index in [1.165, 1.54) is 4.90 Å². The van der Waals surface area contributed by atoms with Crippen molar-refractivity contribution < 1.29 is 77.5 Å². The van der Waals surface area contributed by atoms with E-state index in [-0.39, 0.29) is 25.9 Å². The number of hydrogen-bond acceptors (Lipinski definition) is 13. The van der Waals surface area contributed by atoms with Crippen molar-refractivity contribution in [2.45, 2.75) is 62.5 Å². The van der Waals surface area contributed by atoms with Crippen LogP contribution < -0.4 is 5.32 Å². The molecule has 234 valence electrons. The van der Waals surface area contributed by atoms with Gasteiger partial charge in [0.15, 0.2) is 11.9 Å². The van der Waals surface area contributed by atoms with E-state index in [0.717, 1.165) is 4.90 Å². The Morgan fingerprint density at radius 1 is 1.12 bits per heavy atom. The minimum atomic E-state index is -5.26. The van der Waals surface area contributed by atoms with Gasteiger partial charge in [0.05, 0.1) is 25.7 Å². The van der Waals surface area contributed by atoms with Gasteiger partial charge >= 0.3 is 25.7 Å². The third-order valence-corrected chi connectivity index (χ3v) is 7.05. The number of ether oxygens (including phenoxy) is 2. The Morgan fingerprint density at radius 2 is 1.81 bits per heavy atom. The van der Waals surface area contributed by atoms with Gasteiger partial charge in [0.2, 0.25) is 23.8 Å². The molecule has 0 aliphatic carbocycles. The minimum Gasteiger partial charge on any atom is -0.505 e. The Labute approximate surface area is 236 Å². The number of esters is 2. The third-order valence-electron chi connectivity index (χ3n) is 6.63. The zero-order valence-electron chi connectivity index (χ0n) is 21.9. The van der Waals surface area contributed by atoms with Gasteiger partial charge in [0.1, 0.15) is 12.1 Å². The molecule has 0 aromatic carbocycles. The molecule has 3 amide bonds. The summed E-state index contributed by atoms with van der Waals surface area (Å²) in [6.45, 7) is -1.54. The summed E-state index contributed by atoms with van der Waals surface area (Å²) < 4.78 is 24.5. The number of amides is 3. The zero-order valence-corrected chi connectivity index (χ0v) is 22.8. The number of β-amino-alcohol motifs (C(OH)–C–C–N with tert-alkyl or cyclic N) is 1. The van der Waals surface area contributed by atoms with E-state index in [0.29, 0.717) is 6.42 Å². The molecule has 3 aliphatic heterocycles. The van der Waals surface area contributed by atoms with Crippen LogP contribution in [0.1, 0.15) is 32.1 Å². The molecule has 0 saturated carbocycles. The van der Waals surface area contributed by atoms with Crippen LogP contribution >= 0.6 is 7.82 Å². The van der Waals surface area contributed by atoms with Crippen molar-refractivity contribution in [2.24, 2.45) is 0 Å². The average molecular weight is 623 g/mol. The first kappa shape index (κ1) is 32.7. The molecule has 7 N–H and O–H groups in total. The number of nitrogens with zero attached hydrogens (tertiary/aromatic N) is 2. The summed E-state index contributed by atoms with van der Waals surface area (Å²) in [5.74, 6) is -8.25. The van der Waals surface area contributed by atoms with Crippen molar-refractivity contribution in [3.05, 3.63) is 11.5 Å². The Kier molecular flexibility index (Phi) is 10.5. The maximum atomic E-state index is 13.0. The van der Waals surface area contributed by atoms with E-state index in [4.69, 9.17) is 14.5 Å². The largest absolute Gasteiger partial charge is 0.525 e. The molecule has 2 fully saturated rings. The maximum Gasteiger partial charge on any atom is 0.525 e. The van der Waals surface area contributed by atoms with Crippen molar-refractivity contribution in [3.8, 4) is 0 Å². The van der Waals surface area contributed by atoms with Gasteiger partial charge in [-0.2, -0.15) is 0 Å². The van der Waals surface area contributed by atoms with Crippen molar-refractivity contribution in [2.75, 3.05) is 26.2 Å². The molecule has 42 heavy (non-hydrogen) atoms. The molecular weight excluding hydrogens is 593 g/mol. The molecule has 0 spiro atoms. The lowest BCUT2D eigenvalue weighted by Crippen LogP contribution is -2.52. The number of rotatable bonds is 12. The van der Waals surface area contributed by atoms with E-state index < -0.39 is 111 Å². The molecular formula is C22H30N3O16P. The summed E-state index contributed by atoms with van der Waals surface area (Å²) in [7, 11) is -5.26. The van der Waals surface area contributed by atoms with Crippen LogP contribution in [0.5, 0.6) is 0 Å². The summed E-state index contributed by atoms with van der Waals surface area (Å²) in [6.07, 6.45) is -5.07. The number of hydrogen-bond donors (Lipinski definition) is 7. The highest BCUT2D eigenvalue weighted by molar-refractivity contribution is 7.46. The smallest absolute Gasteiger partial charge is 0.505 e. The summed E-state index contributed by atoms with van der Waals surface area (Å²) in [5, 5.41) is 40.9. The van der Waals surface area contributed by atoms with E-state index in [1.54, 1.807) is 0 Å². The highest BCUT2D eigenvalue weighted by Crippen LogP contribution is 2.42. The van der Waals surface area contributed by atoms with E-state index in [2.05, 4.69) is 14.6 Å². The number of aliphatic hydroxyl groups excluding tert-OH is 3. The van der Waals surface area contributed by atoms with Gasteiger partial charge < -0.3 is 49.5 Å². The molecule has 0 radical (unpaired) electrons. The number of carbonyl (C=O) groups excluding carboxylic acids is 5. The Morgan fingerprint density at radius 3 is 2.43 bits per heavy atom. The normalized spacial score (nSPS) is 24.8. The van der Waals surface area contributed by atoms with Crippen LogP contribution in [0.2, 0.25) is 0 Å². The number of phosphoric acid groups is 1. The number of likely N-dealkylation sites (tertiary alicyclic amines) is 2. The second-order valence-corrected chi connectivity index (χ2v) is 10.8. The molecule has 20 heteroatoms. The molecule has 2 saturated heterocycles. The van der Waals surface area contributed by atoms with Crippen molar-refractivity contribution in [3.63, 3.8) is 0 Å². The Hall–Kier alpha value is -3.77. The topological polar surface area (TPSA) is 287 Å². The predicted octanol–water partition coefficient (Wildman–Crippen LogP) is -3.37. The zero-order chi connectivity index (χ0) is 31.4. The van der Waals surface area contributed by atoms with Crippen LogP contribution in [0.3, 0.4) is 0 Å². The molecule has 19 nitrogen and oxygen atoms in total. The van der Waals surface area contributed by atoms with Gasteiger partial charge in [0, 0.05) is 25.9 Å². The van der Waals surface area contributed by atoms with Gasteiger partial charge in [-0.05, 0) is 12.8 Å². The molecule has 0 bridgehead atoms. The number of carbonyl (C=O) groups is 6. The lowest BCUT2D eigenvalue weighted by molar-refractivity contribution is -0.165. The van der Waals surface area contributed by atoms with Gasteiger partial charge in [-0.1, -0.05) is 0 Å². The molecule has 5 atom stereocenters. The number of carboxylic acids is 1. The standard InChI is InChI=1S/C22H30N3O16P/c26-9-13(18-17(31)19(22(35)40-18)41-42(36,37)38)39-16(30)4-3-14(28)23-7-15(29)24-5-1-2-11(24)20(32)25-8-10(27)6-12(25)21(33)34/h10-13,18,26-27,31H,1-9H2,(H,23,28)(H,33,34)(H2,36,37,38). The second kappa shape index (κ2) is 13.5. The fourth-order valence-corrected chi connectivity index (χ4v) is 5.13. The van der Waals surface area contributed by atoms with Crippen LogP contribution in [0.15, 0.2) is 11.5 Å². The summed E-state index contributed by atoms with van der Waals surface area (Å²) in [4.78, 5) is 93.2. The average Bonchev–Trinajstić information content (AvgIpc) is 3.62. The molecule has 3 rings (SSSR count). The third kappa shape index (κ3) is 7.95. The van der Waals surface area contributed by atoms with Crippen molar-refractivity contribution >= 4 is 43.5 Å². The summed E-state index contributed by atoms with van der Waals surface area (Å²) in [6, 6.07) is -2.18. The van der Waals surface area contributed by atoms with Crippen LogP contribution in [0.4, 0.5) is 0 Å². The van der Waals surface area contributed by atoms with Crippen LogP contribution in [-0.4, -0.2) is 132 Å².